The maximum atomic E-state index is 11.5. The van der Waals surface area contributed by atoms with E-state index >= 15 is 0 Å². The van der Waals surface area contributed by atoms with Gasteiger partial charge in [0.1, 0.15) is 5.76 Å². The minimum atomic E-state index is -0.392. The van der Waals surface area contributed by atoms with Gasteiger partial charge in [-0.25, -0.2) is 5.84 Å². The van der Waals surface area contributed by atoms with Crippen LogP contribution in [-0.4, -0.2) is 17.4 Å². The summed E-state index contributed by atoms with van der Waals surface area (Å²) in [6, 6.07) is 4.39. The number of hydrogen-bond acceptors (Lipinski definition) is 5. The number of rotatable bonds is 3. The van der Waals surface area contributed by atoms with Crippen LogP contribution in [0.5, 0.6) is 0 Å². The molecule has 0 radical (unpaired) electrons. The average molecular weight is 305 g/mol. The second kappa shape index (κ2) is 5.63. The lowest BCUT2D eigenvalue weighted by Crippen LogP contribution is -2.32. The van der Waals surface area contributed by atoms with E-state index in [1.165, 1.54) is 10.4 Å². The molecule has 6 heteroatoms. The van der Waals surface area contributed by atoms with Crippen molar-refractivity contribution in [3.63, 3.8) is 0 Å². The first-order valence-electron chi connectivity index (χ1n) is 7.00. The Labute approximate surface area is 127 Å². The Hall–Kier alpha value is -1.63. The number of fused-ring (bicyclic) bond motifs is 1. The first-order chi connectivity index (χ1) is 10.1. The maximum Gasteiger partial charge on any atom is 0.300 e. The van der Waals surface area contributed by atoms with Crippen molar-refractivity contribution in [1.29, 1.82) is 0 Å². The van der Waals surface area contributed by atoms with E-state index in [4.69, 9.17) is 10.3 Å². The topological polar surface area (TPSA) is 71.5 Å². The SMILES string of the molecule is Cc1oc(C(=O)NN)cc1CN1CCc2sccc2C1C. The van der Waals surface area contributed by atoms with Crippen molar-refractivity contribution in [3.05, 3.63) is 45.0 Å². The predicted molar refractivity (Wildman–Crippen MR) is 81.9 cm³/mol. The molecule has 2 aromatic rings. The normalized spacial score (nSPS) is 18.5. The Morgan fingerprint density at radius 1 is 1.62 bits per heavy atom. The fraction of sp³-hybridized carbons (Fsp3) is 0.400. The summed E-state index contributed by atoms with van der Waals surface area (Å²) in [6.07, 6.45) is 1.09. The van der Waals surface area contributed by atoms with Gasteiger partial charge in [0, 0.05) is 29.6 Å². The molecule has 2 aromatic heterocycles. The summed E-state index contributed by atoms with van der Waals surface area (Å²) in [4.78, 5) is 15.4. The quantitative estimate of drug-likeness (QED) is 0.519. The molecular weight excluding hydrogens is 286 g/mol. The predicted octanol–water partition coefficient (Wildman–Crippen LogP) is 2.37. The van der Waals surface area contributed by atoms with Gasteiger partial charge in [-0.3, -0.25) is 15.1 Å². The minimum Gasteiger partial charge on any atom is -0.456 e. The zero-order valence-corrected chi connectivity index (χ0v) is 13.0. The third kappa shape index (κ3) is 2.62. The molecule has 1 amide bonds. The third-order valence-electron chi connectivity index (χ3n) is 4.15. The van der Waals surface area contributed by atoms with Crippen LogP contribution in [0.4, 0.5) is 0 Å². The second-order valence-electron chi connectivity index (χ2n) is 5.36. The van der Waals surface area contributed by atoms with Crippen LogP contribution in [0.2, 0.25) is 0 Å². The number of amides is 1. The van der Waals surface area contributed by atoms with Crippen molar-refractivity contribution in [3.8, 4) is 0 Å². The largest absolute Gasteiger partial charge is 0.456 e. The zero-order valence-electron chi connectivity index (χ0n) is 12.2. The summed E-state index contributed by atoms with van der Waals surface area (Å²) < 4.78 is 5.48. The molecule has 3 heterocycles. The van der Waals surface area contributed by atoms with Crippen molar-refractivity contribution in [2.45, 2.75) is 32.9 Å². The van der Waals surface area contributed by atoms with E-state index < -0.39 is 5.91 Å². The van der Waals surface area contributed by atoms with Crippen LogP contribution >= 0.6 is 11.3 Å². The van der Waals surface area contributed by atoms with E-state index in [0.29, 0.717) is 6.04 Å². The van der Waals surface area contributed by atoms with Crippen LogP contribution < -0.4 is 11.3 Å². The Balaban J connectivity index is 1.79. The van der Waals surface area contributed by atoms with Crippen LogP contribution in [0.15, 0.2) is 21.9 Å². The molecule has 1 unspecified atom stereocenters. The highest BCUT2D eigenvalue weighted by Gasteiger charge is 2.26. The van der Waals surface area contributed by atoms with Gasteiger partial charge in [-0.2, -0.15) is 0 Å². The molecule has 0 aromatic carbocycles. The number of nitrogens with two attached hydrogens (primary N) is 1. The Morgan fingerprint density at radius 2 is 2.43 bits per heavy atom. The number of nitrogen functional groups attached to an aromatic ring is 1. The minimum absolute atomic E-state index is 0.269. The highest BCUT2D eigenvalue weighted by atomic mass is 32.1. The number of thiophene rings is 1. The van der Waals surface area contributed by atoms with E-state index in [1.807, 2.05) is 18.3 Å². The standard InChI is InChI=1S/C15H19N3O2S/c1-9-12-4-6-21-14(12)3-5-18(9)8-11-7-13(15(19)17-16)20-10(11)2/h4,6-7,9H,3,5,8,16H2,1-2H3,(H,17,19). The van der Waals surface area contributed by atoms with Crippen molar-refractivity contribution < 1.29 is 9.21 Å². The number of carbonyl (C=O) groups is 1. The van der Waals surface area contributed by atoms with Crippen LogP contribution in [0.1, 0.15) is 45.3 Å². The van der Waals surface area contributed by atoms with Crippen LogP contribution in [0.3, 0.4) is 0 Å². The molecule has 3 rings (SSSR count). The maximum absolute atomic E-state index is 11.5. The summed E-state index contributed by atoms with van der Waals surface area (Å²) in [7, 11) is 0. The summed E-state index contributed by atoms with van der Waals surface area (Å²) in [5.74, 6) is 5.79. The van der Waals surface area contributed by atoms with Gasteiger partial charge < -0.3 is 4.42 Å². The van der Waals surface area contributed by atoms with Crippen LogP contribution in [0.25, 0.3) is 0 Å². The molecule has 0 spiro atoms. The Morgan fingerprint density at radius 3 is 3.19 bits per heavy atom. The Kier molecular flexibility index (Phi) is 3.84. The van der Waals surface area contributed by atoms with Gasteiger partial charge in [-0.15, -0.1) is 11.3 Å². The highest BCUT2D eigenvalue weighted by Crippen LogP contribution is 2.34. The first kappa shape index (κ1) is 14.3. The summed E-state index contributed by atoms with van der Waals surface area (Å²) in [6.45, 7) is 5.92. The number of hydrogen-bond donors (Lipinski definition) is 2. The molecule has 0 fully saturated rings. The summed E-state index contributed by atoms with van der Waals surface area (Å²) in [5.41, 5.74) is 4.56. The highest BCUT2D eigenvalue weighted by molar-refractivity contribution is 7.10. The van der Waals surface area contributed by atoms with Crippen LogP contribution in [0, 0.1) is 6.92 Å². The number of aryl methyl sites for hydroxylation is 1. The molecule has 0 saturated heterocycles. The molecule has 112 valence electrons. The summed E-state index contributed by atoms with van der Waals surface area (Å²) in [5, 5.41) is 2.16. The molecule has 1 aliphatic rings. The molecule has 3 N–H and O–H groups in total. The van der Waals surface area contributed by atoms with Gasteiger partial charge in [0.05, 0.1) is 0 Å². The van der Waals surface area contributed by atoms with Gasteiger partial charge >= 0.3 is 5.91 Å². The summed E-state index contributed by atoms with van der Waals surface area (Å²) >= 11 is 1.84. The lowest BCUT2D eigenvalue weighted by atomic mass is 10.0. The van der Waals surface area contributed by atoms with Gasteiger partial charge in [-0.1, -0.05) is 0 Å². The fourth-order valence-electron chi connectivity index (χ4n) is 2.86. The van der Waals surface area contributed by atoms with E-state index in [-0.39, 0.29) is 5.76 Å². The van der Waals surface area contributed by atoms with E-state index in [0.717, 1.165) is 30.8 Å². The monoisotopic (exact) mass is 305 g/mol. The molecule has 5 nitrogen and oxygen atoms in total. The van der Waals surface area contributed by atoms with Gasteiger partial charge in [0.25, 0.3) is 0 Å². The van der Waals surface area contributed by atoms with Gasteiger partial charge in [0.15, 0.2) is 5.76 Å². The molecule has 1 aliphatic heterocycles. The molecule has 0 aliphatic carbocycles. The van der Waals surface area contributed by atoms with Gasteiger partial charge in [-0.05, 0) is 43.3 Å². The Bertz CT molecular complexity index is 662. The van der Waals surface area contributed by atoms with E-state index in [1.54, 1.807) is 6.07 Å². The second-order valence-corrected chi connectivity index (χ2v) is 6.36. The third-order valence-corrected chi connectivity index (χ3v) is 5.15. The van der Waals surface area contributed by atoms with Crippen LogP contribution in [-0.2, 0) is 13.0 Å². The lowest BCUT2D eigenvalue weighted by molar-refractivity contribution is 0.0924. The first-order valence-corrected chi connectivity index (χ1v) is 7.88. The molecule has 0 bridgehead atoms. The number of nitrogens with zero attached hydrogens (tertiary/aromatic N) is 1. The number of carbonyl (C=O) groups excluding carboxylic acids is 1. The number of nitrogens with one attached hydrogen (secondary N) is 1. The van der Waals surface area contributed by atoms with Crippen molar-refractivity contribution in [2.75, 3.05) is 6.54 Å². The molecule has 1 atom stereocenters. The van der Waals surface area contributed by atoms with Crippen molar-refractivity contribution in [1.82, 2.24) is 10.3 Å². The van der Waals surface area contributed by atoms with Crippen molar-refractivity contribution in [2.24, 2.45) is 5.84 Å². The smallest absolute Gasteiger partial charge is 0.300 e. The fourth-order valence-corrected chi connectivity index (χ4v) is 3.82. The number of furan rings is 1. The zero-order chi connectivity index (χ0) is 15.0. The molecule has 21 heavy (non-hydrogen) atoms. The number of hydrazine groups is 1. The van der Waals surface area contributed by atoms with Gasteiger partial charge in [0.2, 0.25) is 0 Å². The lowest BCUT2D eigenvalue weighted by Gasteiger charge is -2.33. The van der Waals surface area contributed by atoms with E-state index in [2.05, 4.69) is 28.7 Å². The molecular formula is C15H19N3O2S. The van der Waals surface area contributed by atoms with E-state index in [9.17, 15) is 4.79 Å². The molecule has 0 saturated carbocycles. The van der Waals surface area contributed by atoms with Crippen molar-refractivity contribution >= 4 is 17.2 Å². The average Bonchev–Trinajstić information content (AvgIpc) is 3.09.